The van der Waals surface area contributed by atoms with Crippen LogP contribution in [0.25, 0.3) is 0 Å². The fraction of sp³-hybridized carbons (Fsp3) is 1.00. The van der Waals surface area contributed by atoms with Gasteiger partial charge in [0, 0.05) is 6.54 Å². The fourth-order valence-electron chi connectivity index (χ4n) is 1.18. The zero-order valence-corrected chi connectivity index (χ0v) is 7.99. The Morgan fingerprint density at radius 2 is 1.90 bits per heavy atom. The van der Waals surface area contributed by atoms with Gasteiger partial charge in [-0.25, -0.2) is 0 Å². The van der Waals surface area contributed by atoms with Crippen molar-refractivity contribution in [1.29, 1.82) is 0 Å². The minimum Gasteiger partial charge on any atom is -0.319 e. The van der Waals surface area contributed by atoms with E-state index in [0.29, 0.717) is 5.41 Å². The Balaban J connectivity index is 3.82. The second-order valence-corrected chi connectivity index (χ2v) is 3.83. The molecule has 0 spiro atoms. The Bertz CT molecular complexity index is 86.7. The van der Waals surface area contributed by atoms with Gasteiger partial charge in [-0.2, -0.15) is 0 Å². The maximum Gasteiger partial charge on any atom is 0.000206 e. The van der Waals surface area contributed by atoms with Crippen LogP contribution in [0, 0.1) is 11.3 Å². The number of nitrogens with one attached hydrogen (secondary N) is 1. The van der Waals surface area contributed by atoms with E-state index in [0.717, 1.165) is 12.5 Å². The lowest BCUT2D eigenvalue weighted by atomic mass is 9.78. The van der Waals surface area contributed by atoms with Crippen molar-refractivity contribution in [1.82, 2.24) is 5.32 Å². The van der Waals surface area contributed by atoms with Gasteiger partial charge in [0.05, 0.1) is 0 Å². The predicted molar refractivity (Wildman–Crippen MR) is 47.2 cm³/mol. The van der Waals surface area contributed by atoms with E-state index in [1.165, 1.54) is 6.42 Å². The van der Waals surface area contributed by atoms with Gasteiger partial charge in [0.1, 0.15) is 0 Å². The molecule has 0 fully saturated rings. The van der Waals surface area contributed by atoms with Gasteiger partial charge in [-0.1, -0.05) is 34.1 Å². The Morgan fingerprint density at radius 3 is 2.20 bits per heavy atom. The largest absolute Gasteiger partial charge is 0.319 e. The van der Waals surface area contributed by atoms with Crippen molar-refractivity contribution in [3.05, 3.63) is 0 Å². The first kappa shape index (κ1) is 9.96. The molecule has 0 aliphatic heterocycles. The molecule has 0 aromatic carbocycles. The molecule has 1 heteroatoms. The number of hydrogen-bond acceptors (Lipinski definition) is 1. The lowest BCUT2D eigenvalue weighted by Crippen LogP contribution is -2.32. The van der Waals surface area contributed by atoms with E-state index in [4.69, 9.17) is 0 Å². The van der Waals surface area contributed by atoms with E-state index >= 15 is 0 Å². The third kappa shape index (κ3) is 2.70. The molecular formula is C9H21N. The summed E-state index contributed by atoms with van der Waals surface area (Å²) in [5.74, 6) is 0.806. The molecule has 0 saturated carbocycles. The highest BCUT2D eigenvalue weighted by Crippen LogP contribution is 2.27. The molecule has 0 aliphatic carbocycles. The standard InChI is InChI=1S/C9H21N/c1-6-8(2)9(3,4)7-10-5/h8,10H,6-7H2,1-5H3/t8-/m0/s1. The van der Waals surface area contributed by atoms with Crippen LogP contribution >= 0.6 is 0 Å². The summed E-state index contributed by atoms with van der Waals surface area (Å²) in [6.07, 6.45) is 1.27. The molecule has 1 N–H and O–H groups in total. The summed E-state index contributed by atoms with van der Waals surface area (Å²) < 4.78 is 0. The third-order valence-corrected chi connectivity index (χ3v) is 2.58. The van der Waals surface area contributed by atoms with Gasteiger partial charge >= 0.3 is 0 Å². The minimum absolute atomic E-state index is 0.448. The molecular weight excluding hydrogens is 122 g/mol. The highest BCUT2D eigenvalue weighted by Gasteiger charge is 2.22. The maximum absolute atomic E-state index is 3.22. The Hall–Kier alpha value is -0.0400. The Kier molecular flexibility index (Phi) is 3.95. The van der Waals surface area contributed by atoms with Gasteiger partial charge < -0.3 is 5.32 Å². The average molecular weight is 143 g/mol. The average Bonchev–Trinajstić information content (AvgIpc) is 1.86. The molecule has 0 rings (SSSR count). The second-order valence-electron chi connectivity index (χ2n) is 3.83. The summed E-state index contributed by atoms with van der Waals surface area (Å²) >= 11 is 0. The van der Waals surface area contributed by atoms with Crippen LogP contribution in [0.4, 0.5) is 0 Å². The summed E-state index contributed by atoms with van der Waals surface area (Å²) in [6, 6.07) is 0. The van der Waals surface area contributed by atoms with Crippen LogP contribution in [0.15, 0.2) is 0 Å². The first-order valence-corrected chi connectivity index (χ1v) is 4.19. The van der Waals surface area contributed by atoms with E-state index in [-0.39, 0.29) is 0 Å². The first-order valence-electron chi connectivity index (χ1n) is 4.19. The quantitative estimate of drug-likeness (QED) is 0.636. The summed E-state index contributed by atoms with van der Waals surface area (Å²) in [5, 5.41) is 3.22. The van der Waals surface area contributed by atoms with Crippen LogP contribution in [-0.2, 0) is 0 Å². The Labute approximate surface area is 65.2 Å². The molecule has 1 atom stereocenters. The van der Waals surface area contributed by atoms with Crippen molar-refractivity contribution >= 4 is 0 Å². The normalized spacial score (nSPS) is 15.3. The molecule has 0 bridgehead atoms. The SMILES string of the molecule is CC[C@H](C)C(C)(C)CNC. The fourth-order valence-corrected chi connectivity index (χ4v) is 1.18. The van der Waals surface area contributed by atoms with Crippen LogP contribution in [0.3, 0.4) is 0 Å². The van der Waals surface area contributed by atoms with Crippen LogP contribution in [0.1, 0.15) is 34.1 Å². The molecule has 62 valence electrons. The lowest BCUT2D eigenvalue weighted by Gasteiger charge is -2.30. The van der Waals surface area contributed by atoms with Crippen molar-refractivity contribution in [3.63, 3.8) is 0 Å². The summed E-state index contributed by atoms with van der Waals surface area (Å²) in [4.78, 5) is 0. The van der Waals surface area contributed by atoms with Crippen LogP contribution < -0.4 is 5.32 Å². The van der Waals surface area contributed by atoms with Gasteiger partial charge in [0.25, 0.3) is 0 Å². The van der Waals surface area contributed by atoms with Crippen LogP contribution in [0.5, 0.6) is 0 Å². The zero-order chi connectivity index (χ0) is 8.20. The molecule has 0 amide bonds. The summed E-state index contributed by atoms with van der Waals surface area (Å²) in [5.41, 5.74) is 0.448. The molecule has 0 heterocycles. The smallest absolute Gasteiger partial charge is 0.000206 e. The van der Waals surface area contributed by atoms with E-state index in [1.54, 1.807) is 0 Å². The molecule has 0 saturated heterocycles. The minimum atomic E-state index is 0.448. The third-order valence-electron chi connectivity index (χ3n) is 2.58. The molecule has 0 aromatic heterocycles. The van der Waals surface area contributed by atoms with Gasteiger partial charge in [0.2, 0.25) is 0 Å². The van der Waals surface area contributed by atoms with E-state index in [9.17, 15) is 0 Å². The number of hydrogen-bond donors (Lipinski definition) is 1. The lowest BCUT2D eigenvalue weighted by molar-refractivity contribution is 0.220. The van der Waals surface area contributed by atoms with Gasteiger partial charge in [0.15, 0.2) is 0 Å². The molecule has 0 aliphatic rings. The molecule has 1 nitrogen and oxygen atoms in total. The Morgan fingerprint density at radius 1 is 1.40 bits per heavy atom. The predicted octanol–water partition coefficient (Wildman–Crippen LogP) is 2.28. The number of rotatable bonds is 4. The van der Waals surface area contributed by atoms with Crippen molar-refractivity contribution in [2.45, 2.75) is 34.1 Å². The molecule has 0 aromatic rings. The molecule has 0 radical (unpaired) electrons. The van der Waals surface area contributed by atoms with Crippen LogP contribution in [0.2, 0.25) is 0 Å². The van der Waals surface area contributed by atoms with Gasteiger partial charge in [-0.15, -0.1) is 0 Å². The van der Waals surface area contributed by atoms with Crippen LogP contribution in [-0.4, -0.2) is 13.6 Å². The summed E-state index contributed by atoms with van der Waals surface area (Å²) in [7, 11) is 2.02. The van der Waals surface area contributed by atoms with E-state index < -0.39 is 0 Å². The van der Waals surface area contributed by atoms with Gasteiger partial charge in [-0.05, 0) is 18.4 Å². The second kappa shape index (κ2) is 3.97. The van der Waals surface area contributed by atoms with Crippen molar-refractivity contribution in [3.8, 4) is 0 Å². The van der Waals surface area contributed by atoms with Crippen molar-refractivity contribution < 1.29 is 0 Å². The highest BCUT2D eigenvalue weighted by molar-refractivity contribution is 4.75. The van der Waals surface area contributed by atoms with E-state index in [1.807, 2.05) is 7.05 Å². The van der Waals surface area contributed by atoms with E-state index in [2.05, 4.69) is 33.0 Å². The first-order chi connectivity index (χ1) is 4.54. The highest BCUT2D eigenvalue weighted by atomic mass is 14.8. The maximum atomic E-state index is 3.22. The topological polar surface area (TPSA) is 12.0 Å². The zero-order valence-electron chi connectivity index (χ0n) is 7.99. The van der Waals surface area contributed by atoms with Crippen molar-refractivity contribution in [2.75, 3.05) is 13.6 Å². The molecule has 10 heavy (non-hydrogen) atoms. The molecule has 0 unspecified atom stereocenters. The van der Waals surface area contributed by atoms with Gasteiger partial charge in [-0.3, -0.25) is 0 Å². The summed E-state index contributed by atoms with van der Waals surface area (Å²) in [6.45, 7) is 10.3. The van der Waals surface area contributed by atoms with Crippen molar-refractivity contribution in [2.24, 2.45) is 11.3 Å². The monoisotopic (exact) mass is 143 g/mol.